The minimum atomic E-state index is -4.46. The van der Waals surface area contributed by atoms with E-state index in [2.05, 4.69) is 14.8 Å². The number of alkyl halides is 5. The normalized spacial score (nSPS) is 16.3. The highest BCUT2D eigenvalue weighted by molar-refractivity contribution is 7.12. The van der Waals surface area contributed by atoms with Gasteiger partial charge in [0.05, 0.1) is 18.8 Å². The molecule has 0 saturated heterocycles. The monoisotopic (exact) mass is 474 g/mol. The molecule has 13 heteroatoms. The molecule has 3 heterocycles. The topological polar surface area (TPSA) is 80.5 Å². The van der Waals surface area contributed by atoms with Crippen molar-refractivity contribution in [2.45, 2.75) is 32.0 Å². The number of aliphatic hydroxyl groups is 1. The molecule has 0 saturated carbocycles. The van der Waals surface area contributed by atoms with E-state index in [4.69, 9.17) is 0 Å². The Hall–Kier alpha value is -3.06. The number of fused-ring (bicyclic) bond motifs is 1. The Morgan fingerprint density at radius 1 is 1.25 bits per heavy atom. The van der Waals surface area contributed by atoms with Gasteiger partial charge in [-0.15, -0.1) is 11.3 Å². The molecule has 1 aromatic carbocycles. The first-order chi connectivity index (χ1) is 15.1. The smallest absolute Gasteiger partial charge is 0.425 e. The van der Waals surface area contributed by atoms with Crippen molar-refractivity contribution in [2.24, 2.45) is 0 Å². The Labute approximate surface area is 181 Å². The molecule has 2 aromatic heterocycles. The van der Waals surface area contributed by atoms with E-state index in [0.29, 0.717) is 27.3 Å². The van der Waals surface area contributed by atoms with Crippen molar-refractivity contribution in [1.82, 2.24) is 14.8 Å². The van der Waals surface area contributed by atoms with Crippen molar-refractivity contribution in [3.8, 4) is 5.75 Å². The molecule has 1 aliphatic rings. The van der Waals surface area contributed by atoms with Crippen LogP contribution in [0.3, 0.4) is 0 Å². The summed E-state index contributed by atoms with van der Waals surface area (Å²) < 4.78 is 68.3. The SMILES string of the molecule is O=c1nc(N2Cc3ccc(OC(F)F)cc3C(O)C2)cnn1Cc1ccc(C(F)(F)F)s1. The number of aromatic nitrogens is 3. The van der Waals surface area contributed by atoms with Crippen molar-refractivity contribution in [2.75, 3.05) is 11.4 Å². The zero-order valence-electron chi connectivity index (χ0n) is 16.1. The van der Waals surface area contributed by atoms with Gasteiger partial charge in [-0.25, -0.2) is 9.48 Å². The van der Waals surface area contributed by atoms with E-state index in [-0.39, 0.29) is 31.2 Å². The highest BCUT2D eigenvalue weighted by Crippen LogP contribution is 2.35. The summed E-state index contributed by atoms with van der Waals surface area (Å²) in [6, 6.07) is 6.44. The third-order valence-electron chi connectivity index (χ3n) is 4.77. The van der Waals surface area contributed by atoms with E-state index in [9.17, 15) is 31.9 Å². The number of rotatable bonds is 5. The van der Waals surface area contributed by atoms with E-state index in [1.54, 1.807) is 4.90 Å². The highest BCUT2D eigenvalue weighted by atomic mass is 32.1. The molecule has 0 aliphatic carbocycles. The molecule has 170 valence electrons. The van der Waals surface area contributed by atoms with Crippen molar-refractivity contribution in [3.63, 3.8) is 0 Å². The number of β-amino-alcohol motifs (C(OH)–C–C–N with tert-alkyl or cyclic N) is 1. The molecule has 0 amide bonds. The standard InChI is InChI=1S/C19H15F5N4O3S/c20-17(21)31-11-2-1-10-7-27(9-14(29)13(10)5-11)16-6-25-28(18(30)26-16)8-12-3-4-15(32-12)19(22,23)24/h1-6,14,17,29H,7-9H2. The lowest BCUT2D eigenvalue weighted by atomic mass is 9.97. The van der Waals surface area contributed by atoms with E-state index >= 15 is 0 Å². The van der Waals surface area contributed by atoms with Gasteiger partial charge in [-0.05, 0) is 35.4 Å². The zero-order chi connectivity index (χ0) is 23.0. The summed E-state index contributed by atoms with van der Waals surface area (Å²) in [5.74, 6) is 0.0990. The molecule has 7 nitrogen and oxygen atoms in total. The maximum absolute atomic E-state index is 12.7. The molecule has 1 atom stereocenters. The summed E-state index contributed by atoms with van der Waals surface area (Å²) in [5, 5.41) is 14.4. The number of benzene rings is 1. The molecule has 0 fully saturated rings. The Balaban J connectivity index is 1.51. The number of ether oxygens (including phenoxy) is 1. The van der Waals surface area contributed by atoms with Crippen LogP contribution in [-0.2, 0) is 19.3 Å². The van der Waals surface area contributed by atoms with Crippen LogP contribution in [0.4, 0.5) is 27.8 Å². The zero-order valence-corrected chi connectivity index (χ0v) is 16.9. The lowest BCUT2D eigenvalue weighted by molar-refractivity contribution is -0.134. The fourth-order valence-electron chi connectivity index (χ4n) is 3.33. The van der Waals surface area contributed by atoms with Crippen molar-refractivity contribution in [1.29, 1.82) is 0 Å². The van der Waals surface area contributed by atoms with Crippen LogP contribution in [-0.4, -0.2) is 33.0 Å². The van der Waals surface area contributed by atoms with Gasteiger partial charge in [-0.2, -0.15) is 32.0 Å². The average molecular weight is 474 g/mol. The first-order valence-corrected chi connectivity index (χ1v) is 10.0. The van der Waals surface area contributed by atoms with E-state index < -0.39 is 29.5 Å². The number of thiophene rings is 1. The van der Waals surface area contributed by atoms with Crippen LogP contribution in [0.1, 0.15) is 27.0 Å². The van der Waals surface area contributed by atoms with E-state index in [0.717, 1.165) is 10.7 Å². The maximum atomic E-state index is 12.7. The van der Waals surface area contributed by atoms with Crippen LogP contribution in [0.5, 0.6) is 5.75 Å². The summed E-state index contributed by atoms with van der Waals surface area (Å²) in [4.78, 5) is 17.4. The quantitative estimate of drug-likeness (QED) is 0.571. The molecule has 1 N–H and O–H groups in total. The average Bonchev–Trinajstić information content (AvgIpc) is 3.18. The fraction of sp³-hybridized carbons (Fsp3) is 0.316. The third kappa shape index (κ3) is 4.72. The minimum Gasteiger partial charge on any atom is -0.435 e. The van der Waals surface area contributed by atoms with Gasteiger partial charge < -0.3 is 14.7 Å². The molecule has 32 heavy (non-hydrogen) atoms. The summed E-state index contributed by atoms with van der Waals surface area (Å²) in [6.07, 6.45) is -4.22. The first kappa shape index (κ1) is 22.1. The van der Waals surface area contributed by atoms with Gasteiger partial charge in [0.1, 0.15) is 10.6 Å². The first-order valence-electron chi connectivity index (χ1n) is 9.21. The molecule has 0 bridgehead atoms. The van der Waals surface area contributed by atoms with Gasteiger partial charge in [-0.3, -0.25) is 0 Å². The molecular weight excluding hydrogens is 459 g/mol. The summed E-state index contributed by atoms with van der Waals surface area (Å²) in [5.41, 5.74) is 0.305. The van der Waals surface area contributed by atoms with Gasteiger partial charge in [-0.1, -0.05) is 6.07 Å². The summed E-state index contributed by atoms with van der Waals surface area (Å²) in [7, 11) is 0. The van der Waals surface area contributed by atoms with Gasteiger partial charge in [0.15, 0.2) is 5.82 Å². The summed E-state index contributed by atoms with van der Waals surface area (Å²) >= 11 is 0.520. The van der Waals surface area contributed by atoms with Gasteiger partial charge >= 0.3 is 18.5 Å². The summed E-state index contributed by atoms with van der Waals surface area (Å²) in [6.45, 7) is -2.88. The Kier molecular flexibility index (Phi) is 5.86. The number of anilines is 1. The van der Waals surface area contributed by atoms with Crippen molar-refractivity contribution < 1.29 is 31.8 Å². The van der Waals surface area contributed by atoms with Crippen LogP contribution in [0, 0.1) is 0 Å². The van der Waals surface area contributed by atoms with E-state index in [1.165, 1.54) is 30.5 Å². The van der Waals surface area contributed by atoms with Crippen LogP contribution in [0.15, 0.2) is 41.3 Å². The van der Waals surface area contributed by atoms with Crippen molar-refractivity contribution >= 4 is 17.2 Å². The predicted molar refractivity (Wildman–Crippen MR) is 104 cm³/mol. The third-order valence-corrected chi connectivity index (χ3v) is 5.89. The Morgan fingerprint density at radius 3 is 2.69 bits per heavy atom. The molecule has 1 aliphatic heterocycles. The lowest BCUT2D eigenvalue weighted by Crippen LogP contribution is -2.36. The molecule has 3 aromatic rings. The number of halogens is 5. The minimum absolute atomic E-state index is 0.0309. The second-order valence-electron chi connectivity index (χ2n) is 6.95. The predicted octanol–water partition coefficient (Wildman–Crippen LogP) is 3.42. The van der Waals surface area contributed by atoms with Crippen molar-refractivity contribution in [3.05, 3.63) is 67.9 Å². The molecule has 4 rings (SSSR count). The Morgan fingerprint density at radius 2 is 2.03 bits per heavy atom. The molecule has 1 unspecified atom stereocenters. The van der Waals surface area contributed by atoms with Gasteiger partial charge in [0.25, 0.3) is 0 Å². The number of hydrogen-bond donors (Lipinski definition) is 1. The highest BCUT2D eigenvalue weighted by Gasteiger charge is 2.32. The maximum Gasteiger partial charge on any atom is 0.425 e. The van der Waals surface area contributed by atoms with Crippen LogP contribution in [0.25, 0.3) is 0 Å². The second kappa shape index (κ2) is 8.47. The van der Waals surface area contributed by atoms with Crippen LogP contribution in [0.2, 0.25) is 0 Å². The molecular formula is C19H15F5N4O3S. The Bertz CT molecular complexity index is 1180. The van der Waals surface area contributed by atoms with Gasteiger partial charge in [0.2, 0.25) is 0 Å². The van der Waals surface area contributed by atoms with E-state index in [1.807, 2.05) is 0 Å². The second-order valence-corrected chi connectivity index (χ2v) is 8.12. The van der Waals surface area contributed by atoms with Gasteiger partial charge in [0, 0.05) is 18.0 Å². The number of aliphatic hydroxyl groups excluding tert-OH is 1. The number of nitrogens with zero attached hydrogens (tertiary/aromatic N) is 4. The van der Waals surface area contributed by atoms with Crippen LogP contribution < -0.4 is 15.3 Å². The fourth-order valence-corrected chi connectivity index (χ4v) is 4.19. The molecule has 0 radical (unpaired) electrons. The number of hydrogen-bond acceptors (Lipinski definition) is 7. The largest absolute Gasteiger partial charge is 0.435 e. The molecule has 0 spiro atoms. The lowest BCUT2D eigenvalue weighted by Gasteiger charge is -2.33. The van der Waals surface area contributed by atoms with Crippen LogP contribution >= 0.6 is 11.3 Å².